The van der Waals surface area contributed by atoms with Gasteiger partial charge in [-0.05, 0) is 55.2 Å². The van der Waals surface area contributed by atoms with Crippen LogP contribution in [0.4, 0.5) is 5.69 Å². The summed E-state index contributed by atoms with van der Waals surface area (Å²) in [5.41, 5.74) is 6.81. The number of amides is 1. The molecule has 1 aliphatic rings. The van der Waals surface area contributed by atoms with Crippen LogP contribution in [0.3, 0.4) is 0 Å². The van der Waals surface area contributed by atoms with Gasteiger partial charge >= 0.3 is 0 Å². The molecule has 1 heterocycles. The Kier molecular flexibility index (Phi) is 5.82. The molecule has 0 aliphatic carbocycles. The highest BCUT2D eigenvalue weighted by molar-refractivity contribution is 7.92. The van der Waals surface area contributed by atoms with E-state index in [1.54, 1.807) is 36.4 Å². The van der Waals surface area contributed by atoms with E-state index in [0.29, 0.717) is 30.3 Å². The SMILES string of the molecule is CC1CCN(C(=O)c2ccc(S(=O)(=O)Nc3ccccc3)cc2)C(CN)C1. The lowest BCUT2D eigenvalue weighted by Crippen LogP contribution is -2.49. The van der Waals surface area contributed by atoms with Gasteiger partial charge in [0.05, 0.1) is 4.90 Å². The van der Waals surface area contributed by atoms with Gasteiger partial charge < -0.3 is 10.6 Å². The fourth-order valence-electron chi connectivity index (χ4n) is 3.41. The molecule has 1 saturated heterocycles. The van der Waals surface area contributed by atoms with Crippen molar-refractivity contribution < 1.29 is 13.2 Å². The number of likely N-dealkylation sites (tertiary alicyclic amines) is 1. The molecular weight excluding hydrogens is 362 g/mol. The quantitative estimate of drug-likeness (QED) is 0.825. The summed E-state index contributed by atoms with van der Waals surface area (Å²) in [5.74, 6) is 0.455. The molecule has 1 amide bonds. The molecule has 7 heteroatoms. The number of hydrogen-bond acceptors (Lipinski definition) is 4. The second kappa shape index (κ2) is 8.10. The summed E-state index contributed by atoms with van der Waals surface area (Å²) in [6.07, 6.45) is 1.85. The highest BCUT2D eigenvalue weighted by Gasteiger charge is 2.29. The summed E-state index contributed by atoms with van der Waals surface area (Å²) in [5, 5.41) is 0. The Morgan fingerprint density at radius 2 is 1.81 bits per heavy atom. The highest BCUT2D eigenvalue weighted by Crippen LogP contribution is 2.24. The average molecular weight is 388 g/mol. The van der Waals surface area contributed by atoms with E-state index in [9.17, 15) is 13.2 Å². The van der Waals surface area contributed by atoms with Crippen molar-refractivity contribution in [1.29, 1.82) is 0 Å². The number of anilines is 1. The van der Waals surface area contributed by atoms with Crippen molar-refractivity contribution in [1.82, 2.24) is 4.90 Å². The first-order chi connectivity index (χ1) is 12.9. The Hall–Kier alpha value is -2.38. The molecule has 1 fully saturated rings. The van der Waals surface area contributed by atoms with E-state index in [-0.39, 0.29) is 16.8 Å². The number of sulfonamides is 1. The van der Waals surface area contributed by atoms with E-state index >= 15 is 0 Å². The first kappa shape index (κ1) is 19.4. The molecule has 0 radical (unpaired) electrons. The number of carbonyl (C=O) groups excluding carboxylic acids is 1. The van der Waals surface area contributed by atoms with Gasteiger partial charge in [0.2, 0.25) is 0 Å². The van der Waals surface area contributed by atoms with Gasteiger partial charge in [0.15, 0.2) is 0 Å². The summed E-state index contributed by atoms with van der Waals surface area (Å²) in [7, 11) is -3.70. The Morgan fingerprint density at radius 3 is 2.44 bits per heavy atom. The largest absolute Gasteiger partial charge is 0.334 e. The van der Waals surface area contributed by atoms with Gasteiger partial charge in [-0.1, -0.05) is 25.1 Å². The number of rotatable bonds is 5. The average Bonchev–Trinajstić information content (AvgIpc) is 2.68. The van der Waals surface area contributed by atoms with E-state index in [2.05, 4.69) is 11.6 Å². The summed E-state index contributed by atoms with van der Waals surface area (Å²) < 4.78 is 27.5. The van der Waals surface area contributed by atoms with Crippen LogP contribution in [0.1, 0.15) is 30.1 Å². The molecule has 0 bridgehead atoms. The van der Waals surface area contributed by atoms with Crippen molar-refractivity contribution in [2.45, 2.75) is 30.7 Å². The maximum atomic E-state index is 12.8. The maximum absolute atomic E-state index is 12.8. The number of hydrogen-bond donors (Lipinski definition) is 2. The van der Waals surface area contributed by atoms with Crippen LogP contribution in [0.15, 0.2) is 59.5 Å². The zero-order valence-electron chi connectivity index (χ0n) is 15.3. The molecule has 27 heavy (non-hydrogen) atoms. The normalized spacial score (nSPS) is 20.3. The van der Waals surface area contributed by atoms with Crippen molar-refractivity contribution in [2.24, 2.45) is 11.7 Å². The predicted octanol–water partition coefficient (Wildman–Crippen LogP) is 2.69. The van der Waals surface area contributed by atoms with Gasteiger partial charge in [0, 0.05) is 30.4 Å². The third-order valence-corrected chi connectivity index (χ3v) is 6.35. The third-order valence-electron chi connectivity index (χ3n) is 4.95. The van der Waals surface area contributed by atoms with Crippen LogP contribution in [-0.4, -0.2) is 38.4 Å². The molecule has 2 aromatic rings. The van der Waals surface area contributed by atoms with Crippen molar-refractivity contribution in [3.8, 4) is 0 Å². The number of nitrogens with one attached hydrogen (secondary N) is 1. The maximum Gasteiger partial charge on any atom is 0.261 e. The van der Waals surface area contributed by atoms with E-state index in [1.165, 1.54) is 12.1 Å². The number of benzene rings is 2. The summed E-state index contributed by atoms with van der Waals surface area (Å²) in [6.45, 7) is 3.28. The number of nitrogens with zero attached hydrogens (tertiary/aromatic N) is 1. The second-order valence-electron chi connectivity index (χ2n) is 7.01. The lowest BCUT2D eigenvalue weighted by atomic mass is 9.92. The van der Waals surface area contributed by atoms with Crippen molar-refractivity contribution in [3.63, 3.8) is 0 Å². The third kappa shape index (κ3) is 4.48. The second-order valence-corrected chi connectivity index (χ2v) is 8.70. The topological polar surface area (TPSA) is 92.5 Å². The molecule has 0 saturated carbocycles. The zero-order chi connectivity index (χ0) is 19.4. The van der Waals surface area contributed by atoms with Crippen LogP contribution < -0.4 is 10.5 Å². The van der Waals surface area contributed by atoms with Crippen LogP contribution in [0.5, 0.6) is 0 Å². The summed E-state index contributed by atoms with van der Waals surface area (Å²) >= 11 is 0. The minimum atomic E-state index is -3.70. The van der Waals surface area contributed by atoms with E-state index in [1.807, 2.05) is 11.0 Å². The van der Waals surface area contributed by atoms with Crippen LogP contribution in [0.25, 0.3) is 0 Å². The summed E-state index contributed by atoms with van der Waals surface area (Å²) in [4.78, 5) is 14.8. The standard InChI is InChI=1S/C20H25N3O3S/c1-15-11-12-23(18(13-15)14-21)20(24)16-7-9-19(10-8-16)27(25,26)22-17-5-3-2-4-6-17/h2-10,15,18,22H,11-14,21H2,1H3. The minimum absolute atomic E-state index is 0.0319. The molecule has 3 N–H and O–H groups in total. The van der Waals surface area contributed by atoms with Gasteiger partial charge in [0.25, 0.3) is 15.9 Å². The Morgan fingerprint density at radius 1 is 1.15 bits per heavy atom. The smallest absolute Gasteiger partial charge is 0.261 e. The Balaban J connectivity index is 1.75. The van der Waals surface area contributed by atoms with Crippen LogP contribution in [0.2, 0.25) is 0 Å². The minimum Gasteiger partial charge on any atom is -0.334 e. The van der Waals surface area contributed by atoms with E-state index in [0.717, 1.165) is 12.8 Å². The van der Waals surface area contributed by atoms with Crippen LogP contribution in [-0.2, 0) is 10.0 Å². The molecule has 0 spiro atoms. The van der Waals surface area contributed by atoms with Crippen molar-refractivity contribution in [2.75, 3.05) is 17.8 Å². The molecule has 2 unspecified atom stereocenters. The van der Waals surface area contributed by atoms with Crippen LogP contribution >= 0.6 is 0 Å². The van der Waals surface area contributed by atoms with Gasteiger partial charge in [-0.2, -0.15) is 0 Å². The fraction of sp³-hybridized carbons (Fsp3) is 0.350. The van der Waals surface area contributed by atoms with Gasteiger partial charge in [-0.3, -0.25) is 9.52 Å². The van der Waals surface area contributed by atoms with Gasteiger partial charge in [0.1, 0.15) is 0 Å². The number of piperidine rings is 1. The lowest BCUT2D eigenvalue weighted by molar-refractivity contribution is 0.0573. The molecular formula is C20H25N3O3S. The van der Waals surface area contributed by atoms with Crippen LogP contribution in [0, 0.1) is 5.92 Å². The Labute approximate surface area is 160 Å². The molecule has 1 aliphatic heterocycles. The van der Waals surface area contributed by atoms with Gasteiger partial charge in [-0.15, -0.1) is 0 Å². The monoisotopic (exact) mass is 387 g/mol. The molecule has 0 aromatic heterocycles. The van der Waals surface area contributed by atoms with E-state index in [4.69, 9.17) is 5.73 Å². The number of carbonyl (C=O) groups is 1. The highest BCUT2D eigenvalue weighted by atomic mass is 32.2. The lowest BCUT2D eigenvalue weighted by Gasteiger charge is -2.38. The molecule has 3 rings (SSSR count). The first-order valence-electron chi connectivity index (χ1n) is 9.09. The molecule has 6 nitrogen and oxygen atoms in total. The summed E-state index contributed by atoms with van der Waals surface area (Å²) in [6, 6.07) is 14.8. The molecule has 2 atom stereocenters. The Bertz CT molecular complexity index is 882. The number of para-hydroxylation sites is 1. The van der Waals surface area contributed by atoms with Crippen molar-refractivity contribution in [3.05, 3.63) is 60.2 Å². The van der Waals surface area contributed by atoms with Gasteiger partial charge in [-0.25, -0.2) is 8.42 Å². The van der Waals surface area contributed by atoms with Crippen molar-refractivity contribution >= 4 is 21.6 Å². The zero-order valence-corrected chi connectivity index (χ0v) is 16.2. The first-order valence-corrected chi connectivity index (χ1v) is 10.6. The molecule has 2 aromatic carbocycles. The van der Waals surface area contributed by atoms with E-state index < -0.39 is 10.0 Å². The molecule has 144 valence electrons. The predicted molar refractivity (Wildman–Crippen MR) is 106 cm³/mol. The number of nitrogens with two attached hydrogens (primary N) is 1. The fourth-order valence-corrected chi connectivity index (χ4v) is 4.46.